The molecule has 0 aromatic carbocycles. The highest BCUT2D eigenvalue weighted by molar-refractivity contribution is 6.09. The topological polar surface area (TPSA) is 78.1 Å². The standard InChI is InChI=1S/C19H22N4O2/c1-2-17(24)23-7-5-13(6-8-23)22-14-9-15-16(18(25)12-3-4-12)11-21-19(15)20-10-14/h2,9-13,22H,1,3-8H2,(H,20,21). The molecule has 0 bridgehead atoms. The Morgan fingerprint density at radius 2 is 2.04 bits per heavy atom. The average molecular weight is 338 g/mol. The highest BCUT2D eigenvalue weighted by Gasteiger charge is 2.32. The lowest BCUT2D eigenvalue weighted by Gasteiger charge is -2.32. The van der Waals surface area contributed by atoms with Crippen molar-refractivity contribution in [3.8, 4) is 0 Å². The summed E-state index contributed by atoms with van der Waals surface area (Å²) >= 11 is 0. The number of amides is 1. The maximum atomic E-state index is 12.4. The molecule has 1 saturated heterocycles. The van der Waals surface area contributed by atoms with Crippen LogP contribution in [0.1, 0.15) is 36.0 Å². The van der Waals surface area contributed by atoms with Crippen LogP contribution in [0.15, 0.2) is 31.1 Å². The fraction of sp³-hybridized carbons (Fsp3) is 0.421. The highest BCUT2D eigenvalue weighted by Crippen LogP contribution is 2.35. The smallest absolute Gasteiger partial charge is 0.245 e. The van der Waals surface area contributed by atoms with Gasteiger partial charge >= 0.3 is 0 Å². The van der Waals surface area contributed by atoms with E-state index in [1.165, 1.54) is 6.08 Å². The summed E-state index contributed by atoms with van der Waals surface area (Å²) in [5.74, 6) is 0.417. The fourth-order valence-electron chi connectivity index (χ4n) is 3.46. The summed E-state index contributed by atoms with van der Waals surface area (Å²) in [6.07, 6.45) is 8.72. The zero-order valence-corrected chi connectivity index (χ0v) is 14.1. The molecule has 2 N–H and O–H groups in total. The van der Waals surface area contributed by atoms with Crippen LogP contribution in [0.4, 0.5) is 5.69 Å². The lowest BCUT2D eigenvalue weighted by molar-refractivity contribution is -0.126. The van der Waals surface area contributed by atoms with Crippen molar-refractivity contribution in [1.29, 1.82) is 0 Å². The summed E-state index contributed by atoms with van der Waals surface area (Å²) in [6, 6.07) is 2.31. The van der Waals surface area contributed by atoms with Crippen molar-refractivity contribution in [2.75, 3.05) is 18.4 Å². The lowest BCUT2D eigenvalue weighted by atomic mass is 10.0. The van der Waals surface area contributed by atoms with E-state index in [4.69, 9.17) is 0 Å². The number of ketones is 1. The number of anilines is 1. The van der Waals surface area contributed by atoms with E-state index in [-0.39, 0.29) is 17.6 Å². The van der Waals surface area contributed by atoms with E-state index in [1.54, 1.807) is 12.4 Å². The number of aromatic amines is 1. The van der Waals surface area contributed by atoms with Gasteiger partial charge in [0.25, 0.3) is 0 Å². The Hall–Kier alpha value is -2.63. The number of likely N-dealkylation sites (tertiary alicyclic amines) is 1. The van der Waals surface area contributed by atoms with Crippen molar-refractivity contribution in [2.24, 2.45) is 5.92 Å². The van der Waals surface area contributed by atoms with Crippen LogP contribution in [0.3, 0.4) is 0 Å². The number of nitrogens with zero attached hydrogens (tertiary/aromatic N) is 2. The molecule has 0 radical (unpaired) electrons. The van der Waals surface area contributed by atoms with Gasteiger partial charge in [0.1, 0.15) is 5.65 Å². The SMILES string of the molecule is C=CC(=O)N1CCC(Nc2cnc3[nH]cc(C(=O)C4CC4)c3c2)CC1. The second kappa shape index (κ2) is 6.35. The summed E-state index contributed by atoms with van der Waals surface area (Å²) in [4.78, 5) is 33.4. The number of pyridine rings is 1. The van der Waals surface area contributed by atoms with Gasteiger partial charge in [0.15, 0.2) is 5.78 Å². The minimum Gasteiger partial charge on any atom is -0.381 e. The number of Topliss-reactive ketones (excluding diaryl/α,β-unsaturated/α-hetero) is 1. The molecule has 1 aliphatic heterocycles. The minimum atomic E-state index is -0.00270. The van der Waals surface area contributed by atoms with Gasteiger partial charge < -0.3 is 15.2 Å². The monoisotopic (exact) mass is 338 g/mol. The largest absolute Gasteiger partial charge is 0.381 e. The molecule has 130 valence electrons. The van der Waals surface area contributed by atoms with Gasteiger partial charge in [-0.1, -0.05) is 6.58 Å². The lowest BCUT2D eigenvalue weighted by Crippen LogP contribution is -2.41. The third-order valence-electron chi connectivity index (χ3n) is 5.10. The minimum absolute atomic E-state index is 0.00270. The molecule has 1 aliphatic carbocycles. The predicted octanol–water partition coefficient (Wildman–Crippen LogP) is 2.74. The van der Waals surface area contributed by atoms with Crippen LogP contribution in [0.25, 0.3) is 11.0 Å². The summed E-state index contributed by atoms with van der Waals surface area (Å²) in [6.45, 7) is 5.00. The van der Waals surface area contributed by atoms with E-state index in [1.807, 2.05) is 11.0 Å². The molecule has 0 atom stereocenters. The number of carbonyl (C=O) groups excluding carboxylic acids is 2. The van der Waals surface area contributed by atoms with E-state index in [9.17, 15) is 9.59 Å². The Morgan fingerprint density at radius 3 is 2.72 bits per heavy atom. The van der Waals surface area contributed by atoms with E-state index >= 15 is 0 Å². The maximum absolute atomic E-state index is 12.4. The molecule has 6 heteroatoms. The maximum Gasteiger partial charge on any atom is 0.245 e. The van der Waals surface area contributed by atoms with Gasteiger partial charge in [-0.25, -0.2) is 4.98 Å². The van der Waals surface area contributed by atoms with E-state index in [0.717, 1.165) is 61.1 Å². The third-order valence-corrected chi connectivity index (χ3v) is 5.10. The molecule has 2 aromatic heterocycles. The first kappa shape index (κ1) is 15.9. The number of rotatable bonds is 5. The summed E-state index contributed by atoms with van der Waals surface area (Å²) in [7, 11) is 0. The van der Waals surface area contributed by atoms with Gasteiger partial charge in [-0.3, -0.25) is 9.59 Å². The van der Waals surface area contributed by atoms with Gasteiger partial charge in [-0.15, -0.1) is 0 Å². The summed E-state index contributed by atoms with van der Waals surface area (Å²) < 4.78 is 0. The molecule has 2 aliphatic rings. The third kappa shape index (κ3) is 3.16. The molecular weight excluding hydrogens is 316 g/mol. The molecule has 0 spiro atoms. The van der Waals surface area contributed by atoms with Crippen molar-refractivity contribution >= 4 is 28.4 Å². The normalized spacial score (nSPS) is 18.3. The number of nitrogens with one attached hydrogen (secondary N) is 2. The Morgan fingerprint density at radius 1 is 1.28 bits per heavy atom. The quantitative estimate of drug-likeness (QED) is 0.649. The van der Waals surface area contributed by atoms with Crippen LogP contribution < -0.4 is 5.32 Å². The number of hydrogen-bond donors (Lipinski definition) is 2. The van der Waals surface area contributed by atoms with E-state index in [0.29, 0.717) is 6.04 Å². The van der Waals surface area contributed by atoms with Gasteiger partial charge in [0.2, 0.25) is 5.91 Å². The first-order valence-corrected chi connectivity index (χ1v) is 8.85. The van der Waals surface area contributed by atoms with Crippen molar-refractivity contribution in [2.45, 2.75) is 31.7 Å². The van der Waals surface area contributed by atoms with Crippen molar-refractivity contribution in [1.82, 2.24) is 14.9 Å². The van der Waals surface area contributed by atoms with E-state index < -0.39 is 0 Å². The zero-order chi connectivity index (χ0) is 17.4. The predicted molar refractivity (Wildman–Crippen MR) is 96.6 cm³/mol. The first-order valence-electron chi connectivity index (χ1n) is 8.85. The molecule has 2 aromatic rings. The number of carbonyl (C=O) groups is 2. The zero-order valence-electron chi connectivity index (χ0n) is 14.1. The molecule has 0 unspecified atom stereocenters. The Bertz CT molecular complexity index is 829. The van der Waals surface area contributed by atoms with Crippen LogP contribution in [-0.2, 0) is 4.79 Å². The molecule has 6 nitrogen and oxygen atoms in total. The molecule has 3 heterocycles. The van der Waals surface area contributed by atoms with Crippen molar-refractivity contribution < 1.29 is 9.59 Å². The van der Waals surface area contributed by atoms with Gasteiger partial charge in [-0.2, -0.15) is 0 Å². The van der Waals surface area contributed by atoms with E-state index in [2.05, 4.69) is 21.9 Å². The molecule has 1 amide bonds. The molecule has 2 fully saturated rings. The summed E-state index contributed by atoms with van der Waals surface area (Å²) in [5.41, 5.74) is 2.42. The van der Waals surface area contributed by atoms with Crippen LogP contribution in [0.2, 0.25) is 0 Å². The van der Waals surface area contributed by atoms with Gasteiger partial charge in [0, 0.05) is 42.2 Å². The first-order chi connectivity index (χ1) is 12.2. The van der Waals surface area contributed by atoms with Crippen LogP contribution in [0, 0.1) is 5.92 Å². The molecular formula is C19H22N4O2. The van der Waals surface area contributed by atoms with Crippen LogP contribution >= 0.6 is 0 Å². The number of piperidine rings is 1. The van der Waals surface area contributed by atoms with Crippen molar-refractivity contribution in [3.63, 3.8) is 0 Å². The number of aromatic nitrogens is 2. The second-order valence-corrected chi connectivity index (χ2v) is 6.91. The number of H-pyrrole nitrogens is 1. The Labute approximate surface area is 146 Å². The van der Waals surface area contributed by atoms with Gasteiger partial charge in [-0.05, 0) is 37.8 Å². The van der Waals surface area contributed by atoms with Gasteiger partial charge in [0.05, 0.1) is 11.9 Å². The average Bonchev–Trinajstić information content (AvgIpc) is 3.41. The molecule has 25 heavy (non-hydrogen) atoms. The Kier molecular flexibility index (Phi) is 4.03. The second-order valence-electron chi connectivity index (χ2n) is 6.91. The van der Waals surface area contributed by atoms with Crippen LogP contribution in [-0.4, -0.2) is 45.7 Å². The van der Waals surface area contributed by atoms with Crippen LogP contribution in [0.5, 0.6) is 0 Å². The fourth-order valence-corrected chi connectivity index (χ4v) is 3.46. The molecule has 4 rings (SSSR count). The highest BCUT2D eigenvalue weighted by atomic mass is 16.2. The summed E-state index contributed by atoms with van der Waals surface area (Å²) in [5, 5.41) is 4.39. The molecule has 1 saturated carbocycles. The Balaban J connectivity index is 1.47. The number of fused-ring (bicyclic) bond motifs is 1. The van der Waals surface area contributed by atoms with Crippen molar-refractivity contribution in [3.05, 3.63) is 36.7 Å². The number of hydrogen-bond acceptors (Lipinski definition) is 4.